The number of hydrogen-bond donors (Lipinski definition) is 1. The Morgan fingerprint density at radius 1 is 1.33 bits per heavy atom. The topological polar surface area (TPSA) is 24.9 Å². The molecule has 1 saturated heterocycles. The van der Waals surface area contributed by atoms with Gasteiger partial charge in [-0.1, -0.05) is 23.8 Å². The first-order valence-electron chi connectivity index (χ1n) is 6.45. The second kappa shape index (κ2) is 4.82. The van der Waals surface area contributed by atoms with Crippen molar-refractivity contribution in [2.24, 2.45) is 5.92 Å². The van der Waals surface area contributed by atoms with Gasteiger partial charge in [-0.2, -0.15) is 0 Å². The van der Waals surface area contributed by atoms with E-state index in [0.29, 0.717) is 0 Å². The maximum Gasteiger partial charge on any atom is 0.0936 e. The molecule has 2 aromatic rings. The quantitative estimate of drug-likeness (QED) is 0.914. The van der Waals surface area contributed by atoms with Gasteiger partial charge in [0.25, 0.3) is 0 Å². The van der Waals surface area contributed by atoms with E-state index in [9.17, 15) is 0 Å². The average Bonchev–Trinajstić information content (AvgIpc) is 2.72. The lowest BCUT2D eigenvalue weighted by molar-refractivity contribution is 0.346. The van der Waals surface area contributed by atoms with Crippen LogP contribution in [-0.2, 0) is 6.42 Å². The summed E-state index contributed by atoms with van der Waals surface area (Å²) >= 11 is 1.80. The molecule has 1 aromatic carbocycles. The van der Waals surface area contributed by atoms with E-state index in [1.807, 2.05) is 0 Å². The molecule has 2 nitrogen and oxygen atoms in total. The third kappa shape index (κ3) is 2.33. The zero-order valence-corrected chi connectivity index (χ0v) is 11.7. The average molecular weight is 258 g/mol. The van der Waals surface area contributed by atoms with E-state index in [2.05, 4.69) is 42.7 Å². The molecule has 0 aliphatic carbocycles. The number of thiazole rings is 1. The molecule has 0 bridgehead atoms. The molecule has 3 rings (SSSR count). The molecule has 1 aromatic heterocycles. The number of benzene rings is 1. The van der Waals surface area contributed by atoms with Gasteiger partial charge in [-0.3, -0.25) is 0 Å². The Balaban J connectivity index is 1.83. The van der Waals surface area contributed by atoms with Gasteiger partial charge in [-0.25, -0.2) is 4.98 Å². The smallest absolute Gasteiger partial charge is 0.0936 e. The lowest BCUT2D eigenvalue weighted by Crippen LogP contribution is -2.43. The number of rotatable bonds is 3. The van der Waals surface area contributed by atoms with E-state index in [4.69, 9.17) is 4.98 Å². The molecule has 1 aliphatic rings. The van der Waals surface area contributed by atoms with Crippen molar-refractivity contribution in [1.82, 2.24) is 10.3 Å². The number of hydrogen-bond acceptors (Lipinski definition) is 3. The Hall–Kier alpha value is -1.19. The summed E-state index contributed by atoms with van der Waals surface area (Å²) in [5.41, 5.74) is 5.04. The maximum absolute atomic E-state index is 4.78. The summed E-state index contributed by atoms with van der Waals surface area (Å²) in [6, 6.07) is 6.58. The summed E-state index contributed by atoms with van der Waals surface area (Å²) < 4.78 is 0. The largest absolute Gasteiger partial charge is 0.316 e. The van der Waals surface area contributed by atoms with Crippen LogP contribution < -0.4 is 5.32 Å². The summed E-state index contributed by atoms with van der Waals surface area (Å²) in [6.45, 7) is 6.60. The maximum atomic E-state index is 4.78. The fourth-order valence-corrected chi connectivity index (χ4v) is 3.28. The Morgan fingerprint density at radius 3 is 2.83 bits per heavy atom. The Morgan fingerprint density at radius 2 is 2.17 bits per heavy atom. The van der Waals surface area contributed by atoms with Crippen LogP contribution >= 0.6 is 11.3 Å². The fraction of sp³-hybridized carbons (Fsp3) is 0.400. The van der Waals surface area contributed by atoms with Gasteiger partial charge in [0.15, 0.2) is 0 Å². The predicted molar refractivity (Wildman–Crippen MR) is 77.1 cm³/mol. The van der Waals surface area contributed by atoms with E-state index < -0.39 is 0 Å². The lowest BCUT2D eigenvalue weighted by Gasteiger charge is -2.25. The molecule has 3 heteroatoms. The number of aryl methyl sites for hydroxylation is 2. The molecule has 94 valence electrons. The van der Waals surface area contributed by atoms with Gasteiger partial charge >= 0.3 is 0 Å². The van der Waals surface area contributed by atoms with Crippen molar-refractivity contribution in [3.05, 3.63) is 39.7 Å². The molecule has 18 heavy (non-hydrogen) atoms. The van der Waals surface area contributed by atoms with Crippen LogP contribution in [0.25, 0.3) is 11.3 Å². The molecular formula is C15H18N2S. The molecule has 2 heterocycles. The first kappa shape index (κ1) is 11.9. The van der Waals surface area contributed by atoms with Crippen LogP contribution in [0.3, 0.4) is 0 Å². The van der Waals surface area contributed by atoms with Crippen LogP contribution in [0.5, 0.6) is 0 Å². The van der Waals surface area contributed by atoms with Crippen LogP contribution in [0.2, 0.25) is 0 Å². The van der Waals surface area contributed by atoms with E-state index in [0.717, 1.165) is 31.1 Å². The number of aromatic nitrogens is 1. The van der Waals surface area contributed by atoms with Crippen molar-refractivity contribution < 1.29 is 0 Å². The minimum atomic E-state index is 0.795. The standard InChI is InChI=1S/C15H18N2S/c1-10-3-4-13(11(2)5-10)14-9-18-15(17-14)6-12-7-16-8-12/h3-5,9,12,16H,6-8H2,1-2H3. The summed E-state index contributed by atoms with van der Waals surface area (Å²) in [7, 11) is 0. The zero-order valence-electron chi connectivity index (χ0n) is 10.9. The Kier molecular flexibility index (Phi) is 3.18. The van der Waals surface area contributed by atoms with Crippen molar-refractivity contribution in [2.45, 2.75) is 20.3 Å². The monoisotopic (exact) mass is 258 g/mol. The van der Waals surface area contributed by atoms with Gasteiger partial charge in [0.2, 0.25) is 0 Å². The molecular weight excluding hydrogens is 240 g/mol. The molecule has 0 amide bonds. The van der Waals surface area contributed by atoms with Crippen molar-refractivity contribution in [1.29, 1.82) is 0 Å². The second-order valence-electron chi connectivity index (χ2n) is 5.17. The first-order valence-corrected chi connectivity index (χ1v) is 7.33. The summed E-state index contributed by atoms with van der Waals surface area (Å²) in [6.07, 6.45) is 1.13. The minimum Gasteiger partial charge on any atom is -0.316 e. The zero-order chi connectivity index (χ0) is 12.5. The van der Waals surface area contributed by atoms with Gasteiger partial charge < -0.3 is 5.32 Å². The molecule has 0 radical (unpaired) electrons. The number of nitrogens with one attached hydrogen (secondary N) is 1. The molecule has 0 saturated carbocycles. The van der Waals surface area contributed by atoms with Gasteiger partial charge in [-0.15, -0.1) is 11.3 Å². The molecule has 0 unspecified atom stereocenters. The van der Waals surface area contributed by atoms with Crippen molar-refractivity contribution in [3.8, 4) is 11.3 Å². The van der Waals surface area contributed by atoms with Crippen molar-refractivity contribution in [3.63, 3.8) is 0 Å². The summed E-state index contributed by atoms with van der Waals surface area (Å²) in [5.74, 6) is 0.795. The molecule has 1 fully saturated rings. The Labute approximate surface area is 112 Å². The van der Waals surface area contributed by atoms with Crippen LogP contribution in [0.1, 0.15) is 16.1 Å². The van der Waals surface area contributed by atoms with E-state index in [-0.39, 0.29) is 0 Å². The Bertz CT molecular complexity index is 555. The number of nitrogens with zero attached hydrogens (tertiary/aromatic N) is 1. The molecule has 0 spiro atoms. The third-order valence-corrected chi connectivity index (χ3v) is 4.41. The van der Waals surface area contributed by atoms with E-state index in [1.54, 1.807) is 11.3 Å². The second-order valence-corrected chi connectivity index (χ2v) is 6.12. The SMILES string of the molecule is Cc1ccc(-c2csc(CC3CNC3)n2)c(C)c1. The van der Waals surface area contributed by atoms with Crippen LogP contribution in [0.4, 0.5) is 0 Å². The highest BCUT2D eigenvalue weighted by molar-refractivity contribution is 7.09. The van der Waals surface area contributed by atoms with Gasteiger partial charge in [0, 0.05) is 17.4 Å². The lowest BCUT2D eigenvalue weighted by atomic mass is 10.00. The predicted octanol–water partition coefficient (Wildman–Crippen LogP) is 3.19. The highest BCUT2D eigenvalue weighted by atomic mass is 32.1. The normalized spacial score (nSPS) is 15.7. The molecule has 1 N–H and O–H groups in total. The van der Waals surface area contributed by atoms with Gasteiger partial charge in [-0.05, 0) is 38.4 Å². The fourth-order valence-electron chi connectivity index (χ4n) is 2.37. The van der Waals surface area contributed by atoms with E-state index >= 15 is 0 Å². The molecule has 0 atom stereocenters. The van der Waals surface area contributed by atoms with Crippen molar-refractivity contribution in [2.75, 3.05) is 13.1 Å². The van der Waals surface area contributed by atoms with Crippen molar-refractivity contribution >= 4 is 11.3 Å². The highest BCUT2D eigenvalue weighted by Gasteiger charge is 2.18. The van der Waals surface area contributed by atoms with Gasteiger partial charge in [0.05, 0.1) is 10.7 Å². The van der Waals surface area contributed by atoms with Crippen LogP contribution in [0, 0.1) is 19.8 Å². The van der Waals surface area contributed by atoms with E-state index in [1.165, 1.54) is 21.7 Å². The first-order chi connectivity index (χ1) is 8.72. The highest BCUT2D eigenvalue weighted by Crippen LogP contribution is 2.27. The van der Waals surface area contributed by atoms with Crippen LogP contribution in [-0.4, -0.2) is 18.1 Å². The summed E-state index contributed by atoms with van der Waals surface area (Å²) in [4.78, 5) is 4.78. The summed E-state index contributed by atoms with van der Waals surface area (Å²) in [5, 5.41) is 6.78. The van der Waals surface area contributed by atoms with Gasteiger partial charge in [0.1, 0.15) is 0 Å². The minimum absolute atomic E-state index is 0.795. The molecule has 1 aliphatic heterocycles. The van der Waals surface area contributed by atoms with Crippen LogP contribution in [0.15, 0.2) is 23.6 Å². The third-order valence-electron chi connectivity index (χ3n) is 3.54.